The molecule has 5 nitrogen and oxygen atoms in total. The first-order valence-corrected chi connectivity index (χ1v) is 8.58. The second-order valence-corrected chi connectivity index (χ2v) is 6.56. The highest BCUT2D eigenvalue weighted by molar-refractivity contribution is 5.79. The van der Waals surface area contributed by atoms with Crippen LogP contribution in [0.25, 0.3) is 0 Å². The first-order valence-electron chi connectivity index (χ1n) is 8.58. The maximum absolute atomic E-state index is 5.45. The SMILES string of the molecule is CN=C(NCCCOCCOC)NCC(C)(C)c1ccc(C)cc1. The summed E-state index contributed by atoms with van der Waals surface area (Å²) < 4.78 is 10.4. The summed E-state index contributed by atoms with van der Waals surface area (Å²) in [6, 6.07) is 8.72. The number of benzene rings is 1. The van der Waals surface area contributed by atoms with Gasteiger partial charge >= 0.3 is 0 Å². The zero-order chi connectivity index (χ0) is 17.8. The van der Waals surface area contributed by atoms with Crippen molar-refractivity contribution in [2.45, 2.75) is 32.6 Å². The fourth-order valence-corrected chi connectivity index (χ4v) is 2.26. The molecule has 5 heteroatoms. The molecular weight excluding hydrogens is 302 g/mol. The maximum atomic E-state index is 5.45. The molecule has 0 aromatic heterocycles. The third-order valence-corrected chi connectivity index (χ3v) is 3.94. The van der Waals surface area contributed by atoms with Gasteiger partial charge in [0.25, 0.3) is 0 Å². The van der Waals surface area contributed by atoms with E-state index in [0.29, 0.717) is 13.2 Å². The summed E-state index contributed by atoms with van der Waals surface area (Å²) in [5, 5.41) is 6.73. The second-order valence-electron chi connectivity index (χ2n) is 6.56. The second kappa shape index (κ2) is 11.0. The Kier molecular flexibility index (Phi) is 9.42. The Morgan fingerprint density at radius 3 is 2.42 bits per heavy atom. The molecular formula is C19H33N3O2. The van der Waals surface area contributed by atoms with E-state index >= 15 is 0 Å². The molecule has 1 aromatic rings. The minimum atomic E-state index is 0.0363. The molecule has 1 aromatic carbocycles. The van der Waals surface area contributed by atoms with Crippen LogP contribution in [0.1, 0.15) is 31.4 Å². The molecule has 0 bridgehead atoms. The molecule has 1 rings (SSSR count). The molecule has 2 N–H and O–H groups in total. The smallest absolute Gasteiger partial charge is 0.191 e. The number of methoxy groups -OCH3 is 1. The molecule has 0 aliphatic rings. The van der Waals surface area contributed by atoms with Crippen molar-refractivity contribution < 1.29 is 9.47 Å². The molecule has 24 heavy (non-hydrogen) atoms. The van der Waals surface area contributed by atoms with E-state index in [1.807, 2.05) is 0 Å². The van der Waals surface area contributed by atoms with Crippen LogP contribution in [0.15, 0.2) is 29.3 Å². The van der Waals surface area contributed by atoms with Gasteiger partial charge < -0.3 is 20.1 Å². The van der Waals surface area contributed by atoms with Crippen LogP contribution in [0.3, 0.4) is 0 Å². The molecule has 0 amide bonds. The lowest BCUT2D eigenvalue weighted by Crippen LogP contribution is -2.43. The zero-order valence-electron chi connectivity index (χ0n) is 15.8. The first kappa shape index (κ1) is 20.5. The summed E-state index contributed by atoms with van der Waals surface area (Å²) in [5.41, 5.74) is 2.64. The van der Waals surface area contributed by atoms with Gasteiger partial charge in [-0.2, -0.15) is 0 Å². The Morgan fingerprint density at radius 2 is 1.79 bits per heavy atom. The molecule has 0 unspecified atom stereocenters. The Morgan fingerprint density at radius 1 is 1.08 bits per heavy atom. The molecule has 0 aliphatic carbocycles. The van der Waals surface area contributed by atoms with Gasteiger partial charge in [0.15, 0.2) is 5.96 Å². The minimum absolute atomic E-state index is 0.0363. The van der Waals surface area contributed by atoms with Crippen LogP contribution in [-0.4, -0.2) is 53.0 Å². The average Bonchev–Trinajstić information content (AvgIpc) is 2.57. The molecule has 0 saturated heterocycles. The van der Waals surface area contributed by atoms with Gasteiger partial charge in [-0.15, -0.1) is 0 Å². The average molecular weight is 335 g/mol. The van der Waals surface area contributed by atoms with Crippen molar-refractivity contribution in [3.05, 3.63) is 35.4 Å². The normalized spacial score (nSPS) is 12.3. The van der Waals surface area contributed by atoms with Crippen molar-refractivity contribution in [1.29, 1.82) is 0 Å². The molecule has 0 saturated carbocycles. The fraction of sp³-hybridized carbons (Fsp3) is 0.632. The molecule has 0 spiro atoms. The van der Waals surface area contributed by atoms with E-state index in [-0.39, 0.29) is 5.41 Å². The van der Waals surface area contributed by atoms with Crippen molar-refractivity contribution in [3.8, 4) is 0 Å². The van der Waals surface area contributed by atoms with E-state index in [9.17, 15) is 0 Å². The number of guanidine groups is 1. The van der Waals surface area contributed by atoms with Gasteiger partial charge in [0, 0.05) is 39.3 Å². The van der Waals surface area contributed by atoms with E-state index < -0.39 is 0 Å². The number of ether oxygens (including phenoxy) is 2. The third kappa shape index (κ3) is 7.79. The maximum Gasteiger partial charge on any atom is 0.191 e. The molecule has 0 aliphatic heterocycles. The predicted molar refractivity (Wildman–Crippen MR) is 101 cm³/mol. The van der Waals surface area contributed by atoms with E-state index in [4.69, 9.17) is 9.47 Å². The quantitative estimate of drug-likeness (QED) is 0.392. The highest BCUT2D eigenvalue weighted by Crippen LogP contribution is 2.22. The molecule has 0 radical (unpaired) electrons. The van der Waals surface area contributed by atoms with Crippen LogP contribution < -0.4 is 10.6 Å². The van der Waals surface area contributed by atoms with Crippen molar-refractivity contribution in [3.63, 3.8) is 0 Å². The largest absolute Gasteiger partial charge is 0.382 e. The summed E-state index contributed by atoms with van der Waals surface area (Å²) in [4.78, 5) is 4.28. The molecule has 136 valence electrons. The number of aryl methyl sites for hydroxylation is 1. The summed E-state index contributed by atoms with van der Waals surface area (Å²) >= 11 is 0. The molecule has 0 heterocycles. The number of nitrogens with zero attached hydrogens (tertiary/aromatic N) is 1. The van der Waals surface area contributed by atoms with Crippen molar-refractivity contribution >= 4 is 5.96 Å². The number of hydrogen-bond donors (Lipinski definition) is 2. The van der Waals surface area contributed by atoms with Gasteiger partial charge in [0.05, 0.1) is 13.2 Å². The highest BCUT2D eigenvalue weighted by Gasteiger charge is 2.20. The van der Waals surface area contributed by atoms with Gasteiger partial charge in [0.2, 0.25) is 0 Å². The van der Waals surface area contributed by atoms with Crippen LogP contribution in [0.5, 0.6) is 0 Å². The van der Waals surface area contributed by atoms with E-state index in [1.54, 1.807) is 14.2 Å². The van der Waals surface area contributed by atoms with E-state index in [1.165, 1.54) is 11.1 Å². The highest BCUT2D eigenvalue weighted by atomic mass is 16.5. The Labute approximate surface area is 146 Å². The predicted octanol–water partition coefficient (Wildman–Crippen LogP) is 2.49. The lowest BCUT2D eigenvalue weighted by atomic mass is 9.84. The van der Waals surface area contributed by atoms with Crippen LogP contribution in [0.4, 0.5) is 0 Å². The van der Waals surface area contributed by atoms with Gasteiger partial charge in [-0.05, 0) is 18.9 Å². The number of hydrogen-bond acceptors (Lipinski definition) is 3. The van der Waals surface area contributed by atoms with Crippen LogP contribution >= 0.6 is 0 Å². The van der Waals surface area contributed by atoms with Crippen LogP contribution in [0.2, 0.25) is 0 Å². The van der Waals surface area contributed by atoms with Gasteiger partial charge in [-0.3, -0.25) is 4.99 Å². The lowest BCUT2D eigenvalue weighted by molar-refractivity contribution is 0.0698. The first-order chi connectivity index (χ1) is 11.5. The molecule has 0 fully saturated rings. The number of rotatable bonds is 10. The Hall–Kier alpha value is -1.59. The van der Waals surface area contributed by atoms with Crippen LogP contribution in [0, 0.1) is 6.92 Å². The fourth-order valence-electron chi connectivity index (χ4n) is 2.26. The number of nitrogens with one attached hydrogen (secondary N) is 2. The van der Waals surface area contributed by atoms with Gasteiger partial charge in [-0.25, -0.2) is 0 Å². The van der Waals surface area contributed by atoms with Crippen molar-refractivity contribution in [1.82, 2.24) is 10.6 Å². The summed E-state index contributed by atoms with van der Waals surface area (Å²) in [6.45, 7) is 10.3. The molecule has 0 atom stereocenters. The third-order valence-electron chi connectivity index (χ3n) is 3.94. The summed E-state index contributed by atoms with van der Waals surface area (Å²) in [5.74, 6) is 0.826. The summed E-state index contributed by atoms with van der Waals surface area (Å²) in [6.07, 6.45) is 0.936. The van der Waals surface area contributed by atoms with Crippen LogP contribution in [-0.2, 0) is 14.9 Å². The van der Waals surface area contributed by atoms with Gasteiger partial charge in [0.1, 0.15) is 0 Å². The van der Waals surface area contributed by atoms with E-state index in [0.717, 1.165) is 32.1 Å². The van der Waals surface area contributed by atoms with Crippen molar-refractivity contribution in [2.24, 2.45) is 4.99 Å². The topological polar surface area (TPSA) is 54.9 Å². The number of aliphatic imine (C=N–C) groups is 1. The Balaban J connectivity index is 2.31. The van der Waals surface area contributed by atoms with Gasteiger partial charge in [-0.1, -0.05) is 43.7 Å². The zero-order valence-corrected chi connectivity index (χ0v) is 15.8. The van der Waals surface area contributed by atoms with E-state index in [2.05, 4.69) is 60.7 Å². The summed E-state index contributed by atoms with van der Waals surface area (Å²) in [7, 11) is 3.47. The minimum Gasteiger partial charge on any atom is -0.382 e. The standard InChI is InChI=1S/C19H33N3O2/c1-16-7-9-17(10-8-16)19(2,3)15-22-18(20-4)21-11-6-12-24-14-13-23-5/h7-10H,6,11-15H2,1-5H3,(H2,20,21,22). The lowest BCUT2D eigenvalue weighted by Gasteiger charge is -2.27. The van der Waals surface area contributed by atoms with Crippen molar-refractivity contribution in [2.75, 3.05) is 47.1 Å². The Bertz CT molecular complexity index is 484. The monoisotopic (exact) mass is 335 g/mol.